The number of halogens is 1. The number of aromatic nitrogens is 1. The van der Waals surface area contributed by atoms with E-state index in [0.29, 0.717) is 11.8 Å². The van der Waals surface area contributed by atoms with Crippen molar-refractivity contribution in [2.45, 2.75) is 25.0 Å². The molecule has 4 heterocycles. The molecule has 3 saturated heterocycles. The molecule has 2 bridgehead atoms. The van der Waals surface area contributed by atoms with E-state index < -0.39 is 6.10 Å². The lowest BCUT2D eigenvalue weighted by Crippen LogP contribution is -2.54. The molecular weight excluding hydrogens is 411 g/mol. The van der Waals surface area contributed by atoms with E-state index in [-0.39, 0.29) is 6.04 Å². The van der Waals surface area contributed by atoms with Gasteiger partial charge in [-0.1, -0.05) is 46.9 Å². The molecule has 0 amide bonds. The van der Waals surface area contributed by atoms with Gasteiger partial charge in [0.1, 0.15) is 0 Å². The van der Waals surface area contributed by atoms with Gasteiger partial charge in [-0.25, -0.2) is 0 Å². The highest BCUT2D eigenvalue weighted by molar-refractivity contribution is 14.1. The first kappa shape index (κ1) is 17.8. The fraction of sp³-hybridized carbons (Fsp3) is 0.450. The van der Waals surface area contributed by atoms with E-state index in [1.807, 2.05) is 35.4 Å². The molecule has 3 aliphatic heterocycles. The maximum Gasteiger partial charge on any atom is 0.0952 e. The maximum atomic E-state index is 11.0. The number of para-hydroxylation sites is 1. The van der Waals surface area contributed by atoms with Crippen LogP contribution in [-0.2, 0) is 0 Å². The number of piperidine rings is 3. The maximum absolute atomic E-state index is 11.0. The molecule has 128 valence electrons. The smallest absolute Gasteiger partial charge is 0.0952 e. The van der Waals surface area contributed by atoms with Crippen molar-refractivity contribution in [3.63, 3.8) is 0 Å². The molecule has 3 fully saturated rings. The Kier molecular flexibility index (Phi) is 5.89. The first-order valence-corrected chi connectivity index (χ1v) is 10.7. The standard InChI is InChI=1S/C19H22N2O.CH3I/c1-2-13-12-21-10-8-14(13)11-18(21)19(22)16-7-9-20-17-6-4-3-5-15(16)17;1-2/h2-7,9,13-14,18-19,22H,1,8,10-12H2;1H3/t13-,14-,18+,19-;/m0./s1. The summed E-state index contributed by atoms with van der Waals surface area (Å²) in [7, 11) is 0. The summed E-state index contributed by atoms with van der Waals surface area (Å²) in [5.41, 5.74) is 1.97. The zero-order chi connectivity index (χ0) is 17.1. The van der Waals surface area contributed by atoms with Gasteiger partial charge in [0.05, 0.1) is 11.6 Å². The fourth-order valence-electron chi connectivity index (χ4n) is 4.29. The van der Waals surface area contributed by atoms with Crippen molar-refractivity contribution < 1.29 is 5.11 Å². The van der Waals surface area contributed by atoms with E-state index in [2.05, 4.69) is 51.2 Å². The molecule has 0 spiro atoms. The van der Waals surface area contributed by atoms with Crippen LogP contribution in [0.2, 0.25) is 0 Å². The molecule has 2 aromatic rings. The Morgan fingerprint density at radius 2 is 2.12 bits per heavy atom. The minimum atomic E-state index is -0.443. The van der Waals surface area contributed by atoms with Crippen molar-refractivity contribution in [1.29, 1.82) is 0 Å². The minimum Gasteiger partial charge on any atom is -0.387 e. The van der Waals surface area contributed by atoms with Crippen LogP contribution in [0.25, 0.3) is 10.9 Å². The van der Waals surface area contributed by atoms with E-state index in [0.717, 1.165) is 36.0 Å². The highest BCUT2D eigenvalue weighted by Crippen LogP contribution is 2.41. The van der Waals surface area contributed by atoms with Crippen molar-refractivity contribution in [3.8, 4) is 0 Å². The van der Waals surface area contributed by atoms with E-state index in [4.69, 9.17) is 0 Å². The Balaban J connectivity index is 0.000000815. The summed E-state index contributed by atoms with van der Waals surface area (Å²) < 4.78 is 0. The van der Waals surface area contributed by atoms with Crippen LogP contribution >= 0.6 is 22.6 Å². The van der Waals surface area contributed by atoms with Crippen LogP contribution in [0.1, 0.15) is 24.5 Å². The molecular formula is C20H25IN2O. The Hall–Kier alpha value is -0.980. The topological polar surface area (TPSA) is 36.4 Å². The molecule has 24 heavy (non-hydrogen) atoms. The second-order valence-corrected chi connectivity index (χ2v) is 6.61. The predicted octanol–water partition coefficient (Wildman–Crippen LogP) is 4.22. The third-order valence-corrected chi connectivity index (χ3v) is 5.52. The van der Waals surface area contributed by atoms with Gasteiger partial charge in [-0.05, 0) is 53.8 Å². The minimum absolute atomic E-state index is 0.223. The highest BCUT2D eigenvalue weighted by atomic mass is 127. The Morgan fingerprint density at radius 1 is 1.33 bits per heavy atom. The third kappa shape index (κ3) is 3.24. The van der Waals surface area contributed by atoms with Gasteiger partial charge in [-0.15, -0.1) is 6.58 Å². The molecule has 0 saturated carbocycles. The number of pyridine rings is 1. The second kappa shape index (κ2) is 7.93. The fourth-order valence-corrected chi connectivity index (χ4v) is 4.29. The molecule has 3 aliphatic rings. The molecule has 1 aromatic carbocycles. The molecule has 3 nitrogen and oxygen atoms in total. The largest absolute Gasteiger partial charge is 0.387 e. The Labute approximate surface area is 157 Å². The molecule has 5 atom stereocenters. The van der Waals surface area contributed by atoms with E-state index in [9.17, 15) is 5.11 Å². The third-order valence-electron chi connectivity index (χ3n) is 5.52. The molecule has 0 radical (unpaired) electrons. The summed E-state index contributed by atoms with van der Waals surface area (Å²) >= 11 is 2.15. The van der Waals surface area contributed by atoms with Gasteiger partial charge in [-0.3, -0.25) is 9.88 Å². The highest BCUT2D eigenvalue weighted by Gasteiger charge is 2.42. The number of rotatable bonds is 3. The quantitative estimate of drug-likeness (QED) is 0.445. The van der Waals surface area contributed by atoms with E-state index in [1.54, 1.807) is 0 Å². The summed E-state index contributed by atoms with van der Waals surface area (Å²) in [6, 6.07) is 10.3. The van der Waals surface area contributed by atoms with Gasteiger partial charge in [0.25, 0.3) is 0 Å². The van der Waals surface area contributed by atoms with E-state index in [1.165, 1.54) is 6.42 Å². The van der Waals surface area contributed by atoms with E-state index >= 15 is 0 Å². The number of nitrogens with zero attached hydrogens (tertiary/aromatic N) is 2. The van der Waals surface area contributed by atoms with Crippen LogP contribution in [0.4, 0.5) is 0 Å². The zero-order valence-corrected chi connectivity index (χ0v) is 16.3. The number of benzene rings is 1. The number of alkyl halides is 1. The average molecular weight is 436 g/mol. The summed E-state index contributed by atoms with van der Waals surface area (Å²) in [6.45, 7) is 6.11. The van der Waals surface area contributed by atoms with Crippen molar-refractivity contribution >= 4 is 33.5 Å². The second-order valence-electron chi connectivity index (χ2n) is 6.61. The van der Waals surface area contributed by atoms with Gasteiger partial charge in [0.15, 0.2) is 0 Å². The van der Waals surface area contributed by atoms with Crippen LogP contribution in [0.3, 0.4) is 0 Å². The number of fused-ring (bicyclic) bond motifs is 4. The lowest BCUT2D eigenvalue weighted by Gasteiger charge is -2.50. The van der Waals surface area contributed by atoms with Crippen LogP contribution in [-0.4, -0.2) is 39.1 Å². The Bertz CT molecular complexity index is 700. The first-order valence-electron chi connectivity index (χ1n) is 8.54. The summed E-state index contributed by atoms with van der Waals surface area (Å²) in [5, 5.41) is 12.1. The SMILES string of the molecule is C=C[C@H]1CN2CC[C@H]1C[C@@H]2[C@@H](O)c1ccnc2ccccc12.CI. The lowest BCUT2D eigenvalue weighted by molar-refractivity contribution is -0.0444. The van der Waals surface area contributed by atoms with Crippen LogP contribution in [0, 0.1) is 11.8 Å². The van der Waals surface area contributed by atoms with Crippen LogP contribution in [0.5, 0.6) is 0 Å². The monoisotopic (exact) mass is 436 g/mol. The van der Waals surface area contributed by atoms with Gasteiger partial charge in [0.2, 0.25) is 0 Å². The van der Waals surface area contributed by atoms with Gasteiger partial charge < -0.3 is 5.11 Å². The summed E-state index contributed by atoms with van der Waals surface area (Å²) in [4.78, 5) is 8.83. The van der Waals surface area contributed by atoms with Crippen molar-refractivity contribution in [2.75, 3.05) is 18.0 Å². The first-order chi connectivity index (χ1) is 11.8. The van der Waals surface area contributed by atoms with Crippen molar-refractivity contribution in [2.24, 2.45) is 11.8 Å². The normalized spacial score (nSPS) is 29.6. The Morgan fingerprint density at radius 3 is 2.83 bits per heavy atom. The zero-order valence-electron chi connectivity index (χ0n) is 14.1. The summed E-state index contributed by atoms with van der Waals surface area (Å²) in [6.07, 6.45) is 5.76. The molecule has 1 aromatic heterocycles. The number of hydrogen-bond donors (Lipinski definition) is 1. The average Bonchev–Trinajstić information content (AvgIpc) is 2.68. The summed E-state index contributed by atoms with van der Waals surface area (Å²) in [5.74, 6) is 1.27. The van der Waals surface area contributed by atoms with Crippen LogP contribution < -0.4 is 0 Å². The molecule has 1 N–H and O–H groups in total. The molecule has 1 unspecified atom stereocenters. The van der Waals surface area contributed by atoms with Crippen molar-refractivity contribution in [1.82, 2.24) is 9.88 Å². The number of aliphatic hydroxyl groups excluding tert-OH is 1. The van der Waals surface area contributed by atoms with Crippen molar-refractivity contribution in [3.05, 3.63) is 54.7 Å². The van der Waals surface area contributed by atoms with Gasteiger partial charge >= 0.3 is 0 Å². The predicted molar refractivity (Wildman–Crippen MR) is 108 cm³/mol. The number of hydrogen-bond acceptors (Lipinski definition) is 3. The van der Waals surface area contributed by atoms with Gasteiger partial charge in [-0.2, -0.15) is 0 Å². The van der Waals surface area contributed by atoms with Gasteiger partial charge in [0, 0.05) is 24.2 Å². The van der Waals surface area contributed by atoms with Crippen LogP contribution in [0.15, 0.2) is 49.2 Å². The lowest BCUT2D eigenvalue weighted by atomic mass is 9.73. The molecule has 5 rings (SSSR count). The molecule has 4 heteroatoms. The number of aliphatic hydroxyl groups is 1. The molecule has 0 aliphatic carbocycles.